The van der Waals surface area contributed by atoms with E-state index in [9.17, 15) is 13.2 Å². The SMILES string of the molecule is COc1ccc(S(=O)(=O)C(CC(=O)NO)Cc2ccc(Oc3ccccc3)cc2)cc1. The molecule has 1 unspecified atom stereocenters. The van der Waals surface area contributed by atoms with Crippen LogP contribution in [-0.2, 0) is 21.1 Å². The summed E-state index contributed by atoms with van der Waals surface area (Å²) in [5.41, 5.74) is 2.23. The number of rotatable bonds is 9. The summed E-state index contributed by atoms with van der Waals surface area (Å²) >= 11 is 0. The molecule has 162 valence electrons. The van der Waals surface area contributed by atoms with Crippen LogP contribution < -0.4 is 15.0 Å². The van der Waals surface area contributed by atoms with Crippen LogP contribution in [0.4, 0.5) is 0 Å². The number of benzene rings is 3. The Morgan fingerprint density at radius 3 is 2.06 bits per heavy atom. The summed E-state index contributed by atoms with van der Waals surface area (Å²) in [5.74, 6) is 1.05. The average molecular weight is 442 g/mol. The quantitative estimate of drug-likeness (QED) is 0.387. The minimum atomic E-state index is -3.85. The van der Waals surface area contributed by atoms with Crippen molar-refractivity contribution in [3.63, 3.8) is 0 Å². The van der Waals surface area contributed by atoms with E-state index >= 15 is 0 Å². The van der Waals surface area contributed by atoms with Gasteiger partial charge in [0.1, 0.15) is 17.2 Å². The van der Waals surface area contributed by atoms with E-state index < -0.39 is 21.0 Å². The van der Waals surface area contributed by atoms with Gasteiger partial charge < -0.3 is 9.47 Å². The summed E-state index contributed by atoms with van der Waals surface area (Å²) in [6, 6.07) is 22.3. The maximum absolute atomic E-state index is 13.2. The first-order chi connectivity index (χ1) is 14.9. The Balaban J connectivity index is 1.81. The van der Waals surface area contributed by atoms with Crippen molar-refractivity contribution < 1.29 is 27.9 Å². The molecular weight excluding hydrogens is 418 g/mol. The lowest BCUT2D eigenvalue weighted by molar-refractivity contribution is -0.129. The molecule has 31 heavy (non-hydrogen) atoms. The van der Waals surface area contributed by atoms with Crippen molar-refractivity contribution in [1.82, 2.24) is 5.48 Å². The van der Waals surface area contributed by atoms with E-state index in [1.54, 1.807) is 36.4 Å². The number of ether oxygens (including phenoxy) is 2. The van der Waals surface area contributed by atoms with Gasteiger partial charge in [0, 0.05) is 6.42 Å². The second-order valence-electron chi connectivity index (χ2n) is 6.84. The predicted molar refractivity (Wildman–Crippen MR) is 115 cm³/mol. The molecule has 0 fully saturated rings. The summed E-state index contributed by atoms with van der Waals surface area (Å²) in [7, 11) is -2.36. The van der Waals surface area contributed by atoms with E-state index in [0.717, 1.165) is 0 Å². The molecule has 1 amide bonds. The number of hydroxylamine groups is 1. The molecule has 3 rings (SSSR count). The van der Waals surface area contributed by atoms with E-state index in [0.29, 0.717) is 22.8 Å². The molecule has 0 saturated heterocycles. The highest BCUT2D eigenvalue weighted by atomic mass is 32.2. The number of nitrogens with one attached hydrogen (secondary N) is 1. The summed E-state index contributed by atoms with van der Waals surface area (Å²) in [6.45, 7) is 0. The molecule has 0 aliphatic rings. The lowest BCUT2D eigenvalue weighted by Gasteiger charge is -2.18. The monoisotopic (exact) mass is 441 g/mol. The minimum Gasteiger partial charge on any atom is -0.497 e. The molecule has 3 aromatic carbocycles. The molecule has 7 nitrogen and oxygen atoms in total. The van der Waals surface area contributed by atoms with Gasteiger partial charge in [-0.05, 0) is 60.5 Å². The summed E-state index contributed by atoms with van der Waals surface area (Å²) in [6.07, 6.45) is -0.291. The Morgan fingerprint density at radius 2 is 1.48 bits per heavy atom. The van der Waals surface area contributed by atoms with E-state index in [4.69, 9.17) is 14.7 Å². The molecule has 2 N–H and O–H groups in total. The highest BCUT2D eigenvalue weighted by Gasteiger charge is 2.30. The van der Waals surface area contributed by atoms with Crippen LogP contribution in [0.5, 0.6) is 17.2 Å². The number of hydrogen-bond acceptors (Lipinski definition) is 6. The number of sulfone groups is 1. The van der Waals surface area contributed by atoms with Gasteiger partial charge in [-0.3, -0.25) is 10.0 Å². The van der Waals surface area contributed by atoms with Gasteiger partial charge >= 0.3 is 0 Å². The van der Waals surface area contributed by atoms with Gasteiger partial charge in [0.05, 0.1) is 17.3 Å². The normalized spacial score (nSPS) is 12.1. The Hall–Kier alpha value is -3.36. The van der Waals surface area contributed by atoms with E-state index in [2.05, 4.69) is 0 Å². The smallest absolute Gasteiger partial charge is 0.244 e. The molecular formula is C23H23NO6S. The second-order valence-corrected chi connectivity index (χ2v) is 9.07. The van der Waals surface area contributed by atoms with Crippen molar-refractivity contribution in [2.45, 2.75) is 23.0 Å². The molecule has 0 heterocycles. The van der Waals surface area contributed by atoms with Crippen molar-refractivity contribution in [2.75, 3.05) is 7.11 Å². The molecule has 1 atom stereocenters. The van der Waals surface area contributed by atoms with Crippen LogP contribution in [0.3, 0.4) is 0 Å². The molecule has 8 heteroatoms. The van der Waals surface area contributed by atoms with Crippen molar-refractivity contribution >= 4 is 15.7 Å². The zero-order chi connectivity index (χ0) is 22.3. The van der Waals surface area contributed by atoms with Crippen molar-refractivity contribution in [2.24, 2.45) is 0 Å². The Labute approximate surface area is 181 Å². The first kappa shape index (κ1) is 22.3. The van der Waals surface area contributed by atoms with E-state index in [-0.39, 0.29) is 17.7 Å². The van der Waals surface area contributed by atoms with Crippen LogP contribution in [-0.4, -0.2) is 31.9 Å². The topological polar surface area (TPSA) is 102 Å². The van der Waals surface area contributed by atoms with Gasteiger partial charge in [-0.1, -0.05) is 30.3 Å². The van der Waals surface area contributed by atoms with Crippen molar-refractivity contribution in [3.05, 3.63) is 84.4 Å². The van der Waals surface area contributed by atoms with Gasteiger partial charge in [-0.15, -0.1) is 0 Å². The zero-order valence-corrected chi connectivity index (χ0v) is 17.7. The number of methoxy groups -OCH3 is 1. The van der Waals surface area contributed by atoms with Crippen LogP contribution in [0.2, 0.25) is 0 Å². The maximum Gasteiger partial charge on any atom is 0.244 e. The van der Waals surface area contributed by atoms with Gasteiger partial charge in [0.2, 0.25) is 5.91 Å². The number of carbonyl (C=O) groups excluding carboxylic acids is 1. The molecule has 0 aromatic heterocycles. The maximum atomic E-state index is 13.2. The third kappa shape index (κ3) is 5.84. The summed E-state index contributed by atoms with van der Waals surface area (Å²) in [5, 5.41) is 7.84. The fourth-order valence-electron chi connectivity index (χ4n) is 3.08. The molecule has 0 spiro atoms. The Bertz CT molecular complexity index is 1100. The molecule has 0 bridgehead atoms. The highest BCUT2D eigenvalue weighted by molar-refractivity contribution is 7.92. The average Bonchev–Trinajstić information content (AvgIpc) is 2.80. The number of hydrogen-bond donors (Lipinski definition) is 2. The van der Waals surface area contributed by atoms with E-state index in [1.165, 1.54) is 24.7 Å². The standard InChI is InChI=1S/C23H23NO6S/c1-29-18-11-13-21(14-12-18)31(27,28)22(16-23(25)24-26)15-17-7-9-20(10-8-17)30-19-5-3-2-4-6-19/h2-14,22,26H,15-16H2,1H3,(H,24,25). The highest BCUT2D eigenvalue weighted by Crippen LogP contribution is 2.26. The number of para-hydroxylation sites is 1. The molecule has 0 radical (unpaired) electrons. The van der Waals surface area contributed by atoms with Crippen LogP contribution in [0.1, 0.15) is 12.0 Å². The Kier molecular flexibility index (Phi) is 7.28. The number of amides is 1. The first-order valence-electron chi connectivity index (χ1n) is 9.55. The minimum absolute atomic E-state index is 0.0769. The van der Waals surface area contributed by atoms with Crippen LogP contribution in [0.25, 0.3) is 0 Å². The van der Waals surface area contributed by atoms with Crippen LogP contribution in [0.15, 0.2) is 83.8 Å². The molecule has 0 aliphatic carbocycles. The van der Waals surface area contributed by atoms with Gasteiger partial charge in [-0.2, -0.15) is 0 Å². The third-order valence-corrected chi connectivity index (χ3v) is 6.87. The fourth-order valence-corrected chi connectivity index (χ4v) is 4.77. The predicted octanol–water partition coefficient (Wildman–Crippen LogP) is 3.77. The van der Waals surface area contributed by atoms with Gasteiger partial charge in [0.15, 0.2) is 9.84 Å². The first-order valence-corrected chi connectivity index (χ1v) is 11.1. The lowest BCUT2D eigenvalue weighted by atomic mass is 10.1. The second kappa shape index (κ2) is 10.1. The largest absolute Gasteiger partial charge is 0.497 e. The third-order valence-electron chi connectivity index (χ3n) is 4.73. The van der Waals surface area contributed by atoms with Crippen molar-refractivity contribution in [3.8, 4) is 17.2 Å². The van der Waals surface area contributed by atoms with E-state index in [1.807, 2.05) is 30.3 Å². The fraction of sp³-hybridized carbons (Fsp3) is 0.174. The summed E-state index contributed by atoms with van der Waals surface area (Å²) < 4.78 is 37.2. The Morgan fingerprint density at radius 1 is 0.903 bits per heavy atom. The number of carbonyl (C=O) groups is 1. The van der Waals surface area contributed by atoms with Crippen LogP contribution >= 0.6 is 0 Å². The van der Waals surface area contributed by atoms with Gasteiger partial charge in [-0.25, -0.2) is 13.9 Å². The van der Waals surface area contributed by atoms with Crippen molar-refractivity contribution in [1.29, 1.82) is 0 Å². The molecule has 0 saturated carbocycles. The molecule has 3 aromatic rings. The zero-order valence-electron chi connectivity index (χ0n) is 16.9. The molecule has 0 aliphatic heterocycles. The summed E-state index contributed by atoms with van der Waals surface area (Å²) in [4.78, 5) is 11.9. The lowest BCUT2D eigenvalue weighted by Crippen LogP contribution is -2.31. The van der Waals surface area contributed by atoms with Gasteiger partial charge in [0.25, 0.3) is 0 Å². The van der Waals surface area contributed by atoms with Crippen LogP contribution in [0, 0.1) is 0 Å².